The summed E-state index contributed by atoms with van der Waals surface area (Å²) in [6.07, 6.45) is 2.26. The minimum atomic E-state index is -0.118. The van der Waals surface area contributed by atoms with Crippen LogP contribution in [0, 0.1) is 0 Å². The molecule has 0 spiro atoms. The van der Waals surface area contributed by atoms with Gasteiger partial charge < -0.3 is 10.2 Å². The number of carbonyl (C=O) groups excluding carboxylic acids is 1. The minimum absolute atomic E-state index is 0.118. The summed E-state index contributed by atoms with van der Waals surface area (Å²) in [7, 11) is 1.83. The van der Waals surface area contributed by atoms with Gasteiger partial charge in [0.25, 0.3) is 0 Å². The number of nitrogens with one attached hydrogen (secondary N) is 1. The molecule has 0 saturated heterocycles. The van der Waals surface area contributed by atoms with E-state index >= 15 is 0 Å². The summed E-state index contributed by atoms with van der Waals surface area (Å²) in [6, 6.07) is 8.40. The molecule has 0 bridgehead atoms. The third-order valence-corrected chi connectivity index (χ3v) is 4.15. The summed E-state index contributed by atoms with van der Waals surface area (Å²) in [4.78, 5) is 14.3. The topological polar surface area (TPSA) is 32.3 Å². The van der Waals surface area contributed by atoms with E-state index in [2.05, 4.69) is 27.3 Å². The minimum Gasteiger partial charge on any atom is -0.334 e. The van der Waals surface area contributed by atoms with Gasteiger partial charge in [-0.15, -0.1) is 0 Å². The molecule has 0 aromatic heterocycles. The Hall–Kier alpha value is -0.870. The summed E-state index contributed by atoms with van der Waals surface area (Å²) in [5.41, 5.74) is 1.17. The summed E-state index contributed by atoms with van der Waals surface area (Å²) >= 11 is 3.54. The Labute approximate surface area is 117 Å². The van der Waals surface area contributed by atoms with E-state index in [4.69, 9.17) is 0 Å². The third-order valence-electron chi connectivity index (χ3n) is 3.37. The Bertz CT molecular complexity index is 432. The Morgan fingerprint density at radius 2 is 2.17 bits per heavy atom. The van der Waals surface area contributed by atoms with Crippen molar-refractivity contribution in [2.45, 2.75) is 38.4 Å². The van der Waals surface area contributed by atoms with Crippen molar-refractivity contribution in [2.75, 3.05) is 7.05 Å². The van der Waals surface area contributed by atoms with Crippen molar-refractivity contribution in [3.05, 3.63) is 34.3 Å². The van der Waals surface area contributed by atoms with Gasteiger partial charge in [-0.25, -0.2) is 0 Å². The zero-order valence-electron chi connectivity index (χ0n) is 10.8. The van der Waals surface area contributed by atoms with E-state index in [1.54, 1.807) is 0 Å². The van der Waals surface area contributed by atoms with Crippen molar-refractivity contribution in [2.24, 2.45) is 0 Å². The Morgan fingerprint density at radius 3 is 2.72 bits per heavy atom. The molecule has 1 N–H and O–H groups in total. The van der Waals surface area contributed by atoms with Crippen molar-refractivity contribution >= 4 is 21.8 Å². The lowest BCUT2D eigenvalue weighted by atomic mass is 10.2. The average Bonchev–Trinajstić information content (AvgIpc) is 3.20. The molecule has 0 radical (unpaired) electrons. The molecule has 1 saturated carbocycles. The molecule has 0 heterocycles. The SMILES string of the molecule is CNC(C)C(=O)N(Cc1ccccc1Br)C1CC1. The second kappa shape index (κ2) is 5.85. The van der Waals surface area contributed by atoms with Crippen molar-refractivity contribution in [3.63, 3.8) is 0 Å². The number of rotatable bonds is 5. The molecule has 1 aliphatic rings. The van der Waals surface area contributed by atoms with Gasteiger partial charge in [0.15, 0.2) is 0 Å². The van der Waals surface area contributed by atoms with Gasteiger partial charge in [-0.2, -0.15) is 0 Å². The highest BCUT2D eigenvalue weighted by Gasteiger charge is 2.34. The second-order valence-electron chi connectivity index (χ2n) is 4.80. The smallest absolute Gasteiger partial charge is 0.239 e. The first kappa shape index (κ1) is 13.6. The van der Waals surface area contributed by atoms with Crippen molar-refractivity contribution in [3.8, 4) is 0 Å². The number of hydrogen-bond acceptors (Lipinski definition) is 2. The number of carbonyl (C=O) groups is 1. The molecule has 3 nitrogen and oxygen atoms in total. The van der Waals surface area contributed by atoms with Gasteiger partial charge in [0, 0.05) is 17.1 Å². The predicted molar refractivity (Wildman–Crippen MR) is 76.2 cm³/mol. The van der Waals surface area contributed by atoms with Crippen LogP contribution in [0.25, 0.3) is 0 Å². The van der Waals surface area contributed by atoms with E-state index in [1.807, 2.05) is 37.1 Å². The summed E-state index contributed by atoms with van der Waals surface area (Å²) in [6.45, 7) is 2.61. The van der Waals surface area contributed by atoms with Crippen LogP contribution in [0.5, 0.6) is 0 Å². The normalized spacial score (nSPS) is 16.4. The maximum atomic E-state index is 12.3. The van der Waals surface area contributed by atoms with E-state index in [1.165, 1.54) is 5.56 Å². The Morgan fingerprint density at radius 1 is 1.50 bits per heavy atom. The zero-order chi connectivity index (χ0) is 13.1. The van der Waals surface area contributed by atoms with Gasteiger partial charge in [-0.1, -0.05) is 34.1 Å². The van der Waals surface area contributed by atoms with E-state index in [0.717, 1.165) is 17.3 Å². The van der Waals surface area contributed by atoms with Crippen LogP contribution in [0.1, 0.15) is 25.3 Å². The first-order valence-corrected chi connectivity index (χ1v) is 7.14. The molecule has 0 aliphatic heterocycles. The number of hydrogen-bond donors (Lipinski definition) is 1. The van der Waals surface area contributed by atoms with E-state index < -0.39 is 0 Å². The molecule has 2 rings (SSSR count). The van der Waals surface area contributed by atoms with Crippen molar-refractivity contribution in [1.82, 2.24) is 10.2 Å². The van der Waals surface area contributed by atoms with Gasteiger partial charge in [0.05, 0.1) is 6.04 Å². The number of likely N-dealkylation sites (N-methyl/N-ethyl adjacent to an activating group) is 1. The van der Waals surface area contributed by atoms with Gasteiger partial charge in [0.2, 0.25) is 5.91 Å². The maximum absolute atomic E-state index is 12.3. The highest BCUT2D eigenvalue weighted by atomic mass is 79.9. The molecule has 1 aromatic carbocycles. The van der Waals surface area contributed by atoms with Crippen LogP contribution in [-0.2, 0) is 11.3 Å². The van der Waals surface area contributed by atoms with Crippen molar-refractivity contribution < 1.29 is 4.79 Å². The Balaban J connectivity index is 2.12. The largest absolute Gasteiger partial charge is 0.334 e. The Kier molecular flexibility index (Phi) is 4.40. The van der Waals surface area contributed by atoms with Gasteiger partial charge in [0.1, 0.15) is 0 Å². The molecule has 18 heavy (non-hydrogen) atoms. The van der Waals surface area contributed by atoms with Gasteiger partial charge in [-0.3, -0.25) is 4.79 Å². The standard InChI is InChI=1S/C14H19BrN2O/c1-10(16-2)14(18)17(12-7-8-12)9-11-5-3-4-6-13(11)15/h3-6,10,12,16H,7-9H2,1-2H3. The molecular weight excluding hydrogens is 292 g/mol. The van der Waals surface area contributed by atoms with E-state index in [-0.39, 0.29) is 11.9 Å². The van der Waals surface area contributed by atoms with Crippen LogP contribution in [0.4, 0.5) is 0 Å². The first-order valence-electron chi connectivity index (χ1n) is 6.34. The molecule has 1 unspecified atom stereocenters. The molecule has 98 valence electrons. The average molecular weight is 311 g/mol. The van der Waals surface area contributed by atoms with Crippen LogP contribution in [0.15, 0.2) is 28.7 Å². The monoisotopic (exact) mass is 310 g/mol. The van der Waals surface area contributed by atoms with E-state index in [9.17, 15) is 4.79 Å². The van der Waals surface area contributed by atoms with Crippen molar-refractivity contribution in [1.29, 1.82) is 0 Å². The number of amides is 1. The summed E-state index contributed by atoms with van der Waals surface area (Å²) < 4.78 is 1.07. The summed E-state index contributed by atoms with van der Waals surface area (Å²) in [5, 5.41) is 3.03. The van der Waals surface area contributed by atoms with Crippen LogP contribution < -0.4 is 5.32 Å². The highest BCUT2D eigenvalue weighted by molar-refractivity contribution is 9.10. The quantitative estimate of drug-likeness (QED) is 0.906. The number of nitrogens with zero attached hydrogens (tertiary/aromatic N) is 1. The predicted octanol–water partition coefficient (Wildman–Crippen LogP) is 2.55. The lowest BCUT2D eigenvalue weighted by Gasteiger charge is -2.26. The molecular formula is C14H19BrN2O. The van der Waals surface area contributed by atoms with Crippen LogP contribution in [0.3, 0.4) is 0 Å². The zero-order valence-corrected chi connectivity index (χ0v) is 12.4. The van der Waals surface area contributed by atoms with Gasteiger partial charge in [-0.05, 0) is 38.4 Å². The van der Waals surface area contributed by atoms with Crippen LogP contribution >= 0.6 is 15.9 Å². The second-order valence-corrected chi connectivity index (χ2v) is 5.65. The number of halogens is 1. The fourth-order valence-corrected chi connectivity index (χ4v) is 2.37. The van der Waals surface area contributed by atoms with E-state index in [0.29, 0.717) is 12.6 Å². The van der Waals surface area contributed by atoms with Crippen LogP contribution in [-0.4, -0.2) is 29.9 Å². The summed E-state index contributed by atoms with van der Waals surface area (Å²) in [5.74, 6) is 0.191. The molecule has 1 atom stereocenters. The molecule has 1 aromatic rings. The van der Waals surface area contributed by atoms with Crippen LogP contribution in [0.2, 0.25) is 0 Å². The maximum Gasteiger partial charge on any atom is 0.239 e. The molecule has 1 aliphatic carbocycles. The first-order chi connectivity index (χ1) is 8.63. The fourth-order valence-electron chi connectivity index (χ4n) is 1.96. The number of benzene rings is 1. The lowest BCUT2D eigenvalue weighted by molar-refractivity contribution is -0.134. The third kappa shape index (κ3) is 3.12. The molecule has 4 heteroatoms. The highest BCUT2D eigenvalue weighted by Crippen LogP contribution is 2.30. The van der Waals surface area contributed by atoms with Gasteiger partial charge >= 0.3 is 0 Å². The fraction of sp³-hybridized carbons (Fsp3) is 0.500. The molecule has 1 fully saturated rings. The molecule has 1 amide bonds. The lowest BCUT2D eigenvalue weighted by Crippen LogP contribution is -2.44.